The summed E-state index contributed by atoms with van der Waals surface area (Å²) in [6.45, 7) is 6.04. The number of thiocarbonyl (C=S) groups is 1. The van der Waals surface area contributed by atoms with Gasteiger partial charge in [-0.05, 0) is 47.9 Å². The van der Waals surface area contributed by atoms with Gasteiger partial charge < -0.3 is 10.1 Å². The lowest BCUT2D eigenvalue weighted by atomic mass is 10.1. The molecule has 0 saturated carbocycles. The van der Waals surface area contributed by atoms with E-state index in [0.717, 1.165) is 17.7 Å². The maximum absolute atomic E-state index is 12.4. The second kappa shape index (κ2) is 10.2. The smallest absolute Gasteiger partial charge is 0.266 e. The van der Waals surface area contributed by atoms with Gasteiger partial charge in [0.05, 0.1) is 4.91 Å². The highest BCUT2D eigenvalue weighted by molar-refractivity contribution is 8.26. The van der Waals surface area contributed by atoms with Crippen LogP contribution in [0, 0.1) is 0 Å². The first-order chi connectivity index (χ1) is 14.5. The number of nitrogens with zero attached hydrogens (tertiary/aromatic N) is 1. The van der Waals surface area contributed by atoms with Crippen LogP contribution in [0.2, 0.25) is 0 Å². The van der Waals surface area contributed by atoms with Crippen LogP contribution in [0.3, 0.4) is 0 Å². The van der Waals surface area contributed by atoms with Gasteiger partial charge in [0, 0.05) is 12.2 Å². The highest BCUT2D eigenvalue weighted by Crippen LogP contribution is 2.32. The standard InChI is InChI=1S/C23H22N2O3S2/c1-3-13-25-22(27)20(30-23(25)29)14-17-7-11-19(12-8-17)28-15-21(26)24-18-9-5-16(4-2)6-10-18/h3,5-12,14H,1,4,13,15H2,2H3,(H,24,26)/b20-14-. The van der Waals surface area contributed by atoms with Crippen LogP contribution in [0.25, 0.3) is 6.08 Å². The molecule has 1 saturated heterocycles. The van der Waals surface area contributed by atoms with Crippen molar-refractivity contribution >= 4 is 51.9 Å². The SMILES string of the molecule is C=CCN1C(=O)/C(=C/c2ccc(OCC(=O)Nc3ccc(CC)cc3)cc2)SC1=S. The molecule has 0 aliphatic carbocycles. The van der Waals surface area contributed by atoms with Crippen LogP contribution in [-0.4, -0.2) is 34.2 Å². The predicted molar refractivity (Wildman–Crippen MR) is 126 cm³/mol. The predicted octanol–water partition coefficient (Wildman–Crippen LogP) is 4.65. The van der Waals surface area contributed by atoms with E-state index in [0.29, 0.717) is 21.5 Å². The van der Waals surface area contributed by atoms with E-state index >= 15 is 0 Å². The molecule has 1 fully saturated rings. The lowest BCUT2D eigenvalue weighted by molar-refractivity contribution is -0.121. The van der Waals surface area contributed by atoms with Gasteiger partial charge in [0.1, 0.15) is 10.1 Å². The van der Waals surface area contributed by atoms with Crippen LogP contribution in [-0.2, 0) is 16.0 Å². The number of aryl methyl sites for hydroxylation is 1. The van der Waals surface area contributed by atoms with Crippen molar-refractivity contribution in [1.82, 2.24) is 4.90 Å². The van der Waals surface area contributed by atoms with E-state index in [1.54, 1.807) is 24.3 Å². The summed E-state index contributed by atoms with van der Waals surface area (Å²) in [7, 11) is 0. The van der Waals surface area contributed by atoms with E-state index in [9.17, 15) is 9.59 Å². The Labute approximate surface area is 185 Å². The first-order valence-electron chi connectivity index (χ1n) is 9.48. The van der Waals surface area contributed by atoms with Crippen LogP contribution in [0.1, 0.15) is 18.1 Å². The number of hydrogen-bond acceptors (Lipinski definition) is 5. The molecule has 2 amide bonds. The first kappa shape index (κ1) is 21.8. The fourth-order valence-corrected chi connectivity index (χ4v) is 4.04. The third kappa shape index (κ3) is 5.58. The third-order valence-electron chi connectivity index (χ3n) is 4.38. The second-order valence-electron chi connectivity index (χ2n) is 6.54. The zero-order valence-electron chi connectivity index (χ0n) is 16.6. The molecule has 2 aromatic carbocycles. The van der Waals surface area contributed by atoms with E-state index in [1.165, 1.54) is 22.2 Å². The molecule has 1 heterocycles. The van der Waals surface area contributed by atoms with Gasteiger partial charge in [-0.2, -0.15) is 0 Å². The van der Waals surface area contributed by atoms with Crippen LogP contribution >= 0.6 is 24.0 Å². The Balaban J connectivity index is 1.54. The van der Waals surface area contributed by atoms with Crippen molar-refractivity contribution in [2.75, 3.05) is 18.5 Å². The molecule has 0 atom stereocenters. The highest BCUT2D eigenvalue weighted by Gasteiger charge is 2.30. The summed E-state index contributed by atoms with van der Waals surface area (Å²) in [5.74, 6) is 0.228. The van der Waals surface area contributed by atoms with Gasteiger partial charge in [-0.15, -0.1) is 6.58 Å². The minimum absolute atomic E-state index is 0.0882. The van der Waals surface area contributed by atoms with Crippen molar-refractivity contribution in [1.29, 1.82) is 0 Å². The average Bonchev–Trinajstić information content (AvgIpc) is 3.01. The van der Waals surface area contributed by atoms with Gasteiger partial charge in [0.15, 0.2) is 6.61 Å². The number of carbonyl (C=O) groups is 2. The minimum Gasteiger partial charge on any atom is -0.484 e. The Morgan fingerprint density at radius 2 is 1.90 bits per heavy atom. The number of benzene rings is 2. The molecule has 30 heavy (non-hydrogen) atoms. The lowest BCUT2D eigenvalue weighted by Crippen LogP contribution is -2.27. The number of carbonyl (C=O) groups excluding carboxylic acids is 2. The Kier molecular flexibility index (Phi) is 7.43. The van der Waals surface area contributed by atoms with E-state index in [2.05, 4.69) is 18.8 Å². The second-order valence-corrected chi connectivity index (χ2v) is 8.21. The van der Waals surface area contributed by atoms with Gasteiger partial charge in [-0.25, -0.2) is 0 Å². The summed E-state index contributed by atoms with van der Waals surface area (Å²) in [6.07, 6.45) is 4.39. The van der Waals surface area contributed by atoms with Gasteiger partial charge in [0.25, 0.3) is 11.8 Å². The highest BCUT2D eigenvalue weighted by atomic mass is 32.2. The van der Waals surface area contributed by atoms with Crippen molar-refractivity contribution in [3.63, 3.8) is 0 Å². The molecule has 5 nitrogen and oxygen atoms in total. The molecule has 0 unspecified atom stereocenters. The van der Waals surface area contributed by atoms with Crippen LogP contribution < -0.4 is 10.1 Å². The number of hydrogen-bond donors (Lipinski definition) is 1. The summed E-state index contributed by atoms with van der Waals surface area (Å²) in [5.41, 5.74) is 2.80. The van der Waals surface area contributed by atoms with Gasteiger partial charge >= 0.3 is 0 Å². The number of amides is 2. The summed E-state index contributed by atoms with van der Waals surface area (Å²) < 4.78 is 6.08. The number of rotatable bonds is 8. The van der Waals surface area contributed by atoms with Crippen molar-refractivity contribution in [2.24, 2.45) is 0 Å². The van der Waals surface area contributed by atoms with Crippen molar-refractivity contribution < 1.29 is 14.3 Å². The van der Waals surface area contributed by atoms with E-state index < -0.39 is 0 Å². The molecule has 0 radical (unpaired) electrons. The molecule has 0 aromatic heterocycles. The summed E-state index contributed by atoms with van der Waals surface area (Å²) in [5, 5.41) is 2.81. The van der Waals surface area contributed by atoms with E-state index in [1.807, 2.05) is 36.4 Å². The van der Waals surface area contributed by atoms with Gasteiger partial charge in [-0.3, -0.25) is 14.5 Å². The van der Waals surface area contributed by atoms with Crippen LogP contribution in [0.5, 0.6) is 5.75 Å². The molecule has 154 valence electrons. The number of nitrogens with one attached hydrogen (secondary N) is 1. The fourth-order valence-electron chi connectivity index (χ4n) is 2.77. The van der Waals surface area contributed by atoms with E-state index in [-0.39, 0.29) is 18.4 Å². The molecule has 1 aliphatic rings. The molecule has 0 bridgehead atoms. The van der Waals surface area contributed by atoms with Crippen LogP contribution in [0.4, 0.5) is 5.69 Å². The van der Waals surface area contributed by atoms with Crippen molar-refractivity contribution in [3.05, 3.63) is 77.2 Å². The monoisotopic (exact) mass is 438 g/mol. The quantitative estimate of drug-likeness (QED) is 0.369. The molecular formula is C23H22N2O3S2. The minimum atomic E-state index is -0.228. The van der Waals surface area contributed by atoms with Crippen molar-refractivity contribution in [3.8, 4) is 5.75 Å². The van der Waals surface area contributed by atoms with Crippen LogP contribution in [0.15, 0.2) is 66.1 Å². The lowest BCUT2D eigenvalue weighted by Gasteiger charge is -2.10. The molecule has 1 aliphatic heterocycles. The van der Waals surface area contributed by atoms with Gasteiger partial charge in [-0.1, -0.05) is 61.2 Å². The Morgan fingerprint density at radius 3 is 2.53 bits per heavy atom. The maximum Gasteiger partial charge on any atom is 0.266 e. The molecule has 3 rings (SSSR count). The fraction of sp³-hybridized carbons (Fsp3) is 0.174. The molecule has 0 spiro atoms. The molecule has 1 N–H and O–H groups in total. The molecule has 7 heteroatoms. The summed E-state index contributed by atoms with van der Waals surface area (Å²) in [4.78, 5) is 26.5. The number of thioether (sulfide) groups is 1. The third-order valence-corrected chi connectivity index (χ3v) is 5.76. The zero-order valence-corrected chi connectivity index (χ0v) is 18.2. The molecule has 2 aromatic rings. The number of ether oxygens (including phenoxy) is 1. The Morgan fingerprint density at radius 1 is 1.20 bits per heavy atom. The molecular weight excluding hydrogens is 416 g/mol. The van der Waals surface area contributed by atoms with Crippen molar-refractivity contribution in [2.45, 2.75) is 13.3 Å². The van der Waals surface area contributed by atoms with Gasteiger partial charge in [0.2, 0.25) is 0 Å². The largest absolute Gasteiger partial charge is 0.484 e. The topological polar surface area (TPSA) is 58.6 Å². The number of anilines is 1. The Hall–Kier alpha value is -2.90. The first-order valence-corrected chi connectivity index (χ1v) is 10.7. The van der Waals surface area contributed by atoms with E-state index in [4.69, 9.17) is 17.0 Å². The summed E-state index contributed by atoms with van der Waals surface area (Å²) >= 11 is 6.51. The normalized spacial score (nSPS) is 14.8. The zero-order chi connectivity index (χ0) is 21.5. The average molecular weight is 439 g/mol. The maximum atomic E-state index is 12.4. The Bertz CT molecular complexity index is 983. The summed E-state index contributed by atoms with van der Waals surface area (Å²) in [6, 6.07) is 14.9.